The monoisotopic (exact) mass is 373 g/mol. The van der Waals surface area contributed by atoms with Crippen molar-refractivity contribution in [3.8, 4) is 0 Å². The Morgan fingerprint density at radius 1 is 1.08 bits per heavy atom. The van der Waals surface area contributed by atoms with E-state index in [1.807, 2.05) is 13.8 Å². The van der Waals surface area contributed by atoms with Gasteiger partial charge in [-0.2, -0.15) is 0 Å². The van der Waals surface area contributed by atoms with Crippen LogP contribution in [0.2, 0.25) is 0 Å². The zero-order chi connectivity index (χ0) is 20.7. The summed E-state index contributed by atoms with van der Waals surface area (Å²) in [5.74, 6) is -3.60. The lowest BCUT2D eigenvalue weighted by atomic mass is 9.81. The number of rotatable bonds is 10. The molecule has 26 heavy (non-hydrogen) atoms. The average Bonchev–Trinajstić information content (AvgIpc) is 2.49. The van der Waals surface area contributed by atoms with Gasteiger partial charge in [0.05, 0.1) is 6.04 Å². The summed E-state index contributed by atoms with van der Waals surface area (Å²) in [5.41, 5.74) is 6.25. The standard InChI is InChI=1S/C17H31N3O6/c1-9(2)6-10(7-13(22)20-26)15(23)19-14(17(3,4)5)12(21)8-11(18)16(24)25/h9-11,14,26H,6-8,18H2,1-5H3,(H,19,23)(H,20,22)(H,24,25)/t10-,11+,14-/m1/s1. The van der Waals surface area contributed by atoms with E-state index in [1.165, 1.54) is 5.48 Å². The highest BCUT2D eigenvalue weighted by molar-refractivity contribution is 5.94. The van der Waals surface area contributed by atoms with E-state index in [0.29, 0.717) is 6.42 Å². The van der Waals surface area contributed by atoms with Crippen molar-refractivity contribution in [2.75, 3.05) is 0 Å². The quantitative estimate of drug-likeness (QED) is 0.274. The van der Waals surface area contributed by atoms with Crippen molar-refractivity contribution in [1.29, 1.82) is 0 Å². The molecule has 0 rings (SSSR count). The third-order valence-electron chi connectivity index (χ3n) is 3.90. The van der Waals surface area contributed by atoms with E-state index in [4.69, 9.17) is 16.0 Å². The largest absolute Gasteiger partial charge is 0.480 e. The molecule has 0 aliphatic heterocycles. The highest BCUT2D eigenvalue weighted by Crippen LogP contribution is 2.23. The van der Waals surface area contributed by atoms with Gasteiger partial charge >= 0.3 is 5.97 Å². The minimum atomic E-state index is -1.35. The van der Waals surface area contributed by atoms with Crippen LogP contribution in [0, 0.1) is 17.3 Å². The highest BCUT2D eigenvalue weighted by atomic mass is 16.5. The van der Waals surface area contributed by atoms with Crippen molar-refractivity contribution in [3.05, 3.63) is 0 Å². The second kappa shape index (κ2) is 10.2. The van der Waals surface area contributed by atoms with Crippen LogP contribution >= 0.6 is 0 Å². The minimum absolute atomic E-state index is 0.112. The van der Waals surface area contributed by atoms with Crippen LogP contribution in [0.3, 0.4) is 0 Å². The van der Waals surface area contributed by atoms with Gasteiger partial charge in [-0.3, -0.25) is 24.4 Å². The number of Topliss-reactive ketones (excluding diaryl/α,β-unsaturated/α-hetero) is 1. The summed E-state index contributed by atoms with van der Waals surface area (Å²) in [6.07, 6.45) is -0.247. The Kier molecular flexibility index (Phi) is 9.44. The van der Waals surface area contributed by atoms with Gasteiger partial charge in [0.1, 0.15) is 6.04 Å². The number of nitrogens with one attached hydrogen (secondary N) is 2. The Morgan fingerprint density at radius 3 is 2.00 bits per heavy atom. The first-order valence-electron chi connectivity index (χ1n) is 8.54. The molecular weight excluding hydrogens is 342 g/mol. The number of hydroxylamine groups is 1. The number of ketones is 1. The molecule has 9 heteroatoms. The molecule has 0 saturated heterocycles. The van der Waals surface area contributed by atoms with Crippen LogP contribution in [0.15, 0.2) is 0 Å². The minimum Gasteiger partial charge on any atom is -0.480 e. The van der Waals surface area contributed by atoms with Gasteiger partial charge in [-0.25, -0.2) is 5.48 Å². The van der Waals surface area contributed by atoms with E-state index in [1.54, 1.807) is 20.8 Å². The number of carbonyl (C=O) groups is 4. The molecule has 2 amide bonds. The lowest BCUT2D eigenvalue weighted by Crippen LogP contribution is -2.52. The maximum Gasteiger partial charge on any atom is 0.320 e. The second-order valence-electron chi connectivity index (χ2n) is 7.99. The van der Waals surface area contributed by atoms with Gasteiger partial charge in [-0.1, -0.05) is 34.6 Å². The normalized spacial score (nSPS) is 15.1. The second-order valence-corrected chi connectivity index (χ2v) is 7.99. The Hall–Kier alpha value is -2.00. The number of nitrogens with two attached hydrogens (primary N) is 1. The van der Waals surface area contributed by atoms with Gasteiger partial charge in [-0.05, 0) is 17.8 Å². The molecule has 0 radical (unpaired) electrons. The summed E-state index contributed by atoms with van der Waals surface area (Å²) in [4.78, 5) is 47.5. The molecule has 0 aliphatic carbocycles. The fraction of sp³-hybridized carbons (Fsp3) is 0.765. The topological polar surface area (TPSA) is 159 Å². The molecule has 0 aromatic heterocycles. The average molecular weight is 373 g/mol. The van der Waals surface area contributed by atoms with Crippen molar-refractivity contribution in [2.24, 2.45) is 23.0 Å². The van der Waals surface area contributed by atoms with Crippen LogP contribution in [-0.2, 0) is 19.2 Å². The molecule has 150 valence electrons. The maximum atomic E-state index is 12.6. The predicted octanol–water partition coefficient (Wildman–Crippen LogP) is 0.446. The van der Waals surface area contributed by atoms with Crippen LogP contribution in [0.25, 0.3) is 0 Å². The first kappa shape index (κ1) is 24.0. The Balaban J connectivity index is 5.33. The third-order valence-corrected chi connectivity index (χ3v) is 3.90. The zero-order valence-electron chi connectivity index (χ0n) is 16.0. The zero-order valence-corrected chi connectivity index (χ0v) is 16.0. The Bertz CT molecular complexity index is 527. The van der Waals surface area contributed by atoms with Gasteiger partial charge in [0.15, 0.2) is 5.78 Å². The Morgan fingerprint density at radius 2 is 1.62 bits per heavy atom. The van der Waals surface area contributed by atoms with E-state index in [0.717, 1.165) is 0 Å². The van der Waals surface area contributed by atoms with Crippen molar-refractivity contribution in [2.45, 2.75) is 66.0 Å². The molecule has 0 heterocycles. The van der Waals surface area contributed by atoms with Gasteiger partial charge < -0.3 is 16.2 Å². The molecule has 0 bridgehead atoms. The van der Waals surface area contributed by atoms with Crippen LogP contribution in [0.5, 0.6) is 0 Å². The van der Waals surface area contributed by atoms with E-state index < -0.39 is 53.4 Å². The Labute approximate surface area is 153 Å². The SMILES string of the molecule is CC(C)C[C@H](CC(=O)NO)C(=O)N[C@H](C(=O)C[C@H](N)C(=O)O)C(C)(C)C. The number of hydrogen-bond acceptors (Lipinski definition) is 6. The van der Waals surface area contributed by atoms with Crippen molar-refractivity contribution < 1.29 is 29.5 Å². The number of carboxylic acid groups (broad SMARTS) is 1. The number of hydrogen-bond donors (Lipinski definition) is 5. The van der Waals surface area contributed by atoms with E-state index >= 15 is 0 Å². The molecule has 6 N–H and O–H groups in total. The predicted molar refractivity (Wildman–Crippen MR) is 94.1 cm³/mol. The lowest BCUT2D eigenvalue weighted by Gasteiger charge is -2.32. The summed E-state index contributed by atoms with van der Waals surface area (Å²) >= 11 is 0. The molecule has 0 aromatic rings. The summed E-state index contributed by atoms with van der Waals surface area (Å²) < 4.78 is 0. The van der Waals surface area contributed by atoms with Gasteiger partial charge in [0, 0.05) is 18.8 Å². The molecule has 3 atom stereocenters. The van der Waals surface area contributed by atoms with Gasteiger partial charge in [0.25, 0.3) is 0 Å². The number of amides is 2. The molecule has 0 aromatic carbocycles. The number of aliphatic carboxylic acids is 1. The summed E-state index contributed by atoms with van der Waals surface area (Å²) in [7, 11) is 0. The molecule has 0 unspecified atom stereocenters. The van der Waals surface area contributed by atoms with Crippen LogP contribution in [0.4, 0.5) is 0 Å². The van der Waals surface area contributed by atoms with E-state index in [-0.39, 0.29) is 12.3 Å². The molecule has 0 spiro atoms. The fourth-order valence-corrected chi connectivity index (χ4v) is 2.58. The molecule has 0 aliphatic rings. The highest BCUT2D eigenvalue weighted by Gasteiger charge is 2.36. The summed E-state index contributed by atoms with van der Waals surface area (Å²) in [6, 6.07) is -2.30. The first-order valence-corrected chi connectivity index (χ1v) is 8.54. The summed E-state index contributed by atoms with van der Waals surface area (Å²) in [6.45, 7) is 8.98. The van der Waals surface area contributed by atoms with Gasteiger partial charge in [-0.15, -0.1) is 0 Å². The smallest absolute Gasteiger partial charge is 0.320 e. The molecule has 0 saturated carbocycles. The van der Waals surface area contributed by atoms with Crippen LogP contribution < -0.4 is 16.5 Å². The molecular formula is C17H31N3O6. The number of carbonyl (C=O) groups excluding carboxylic acids is 3. The van der Waals surface area contributed by atoms with Crippen LogP contribution in [-0.4, -0.2) is 46.0 Å². The van der Waals surface area contributed by atoms with Gasteiger partial charge in [0.2, 0.25) is 11.8 Å². The maximum absolute atomic E-state index is 12.6. The lowest BCUT2D eigenvalue weighted by molar-refractivity contribution is -0.141. The molecule has 9 nitrogen and oxygen atoms in total. The molecule has 0 fully saturated rings. The third kappa shape index (κ3) is 8.39. The first-order chi connectivity index (χ1) is 11.8. The van der Waals surface area contributed by atoms with Crippen molar-refractivity contribution >= 4 is 23.6 Å². The van der Waals surface area contributed by atoms with Crippen molar-refractivity contribution in [3.63, 3.8) is 0 Å². The fourth-order valence-electron chi connectivity index (χ4n) is 2.58. The van der Waals surface area contributed by atoms with E-state index in [9.17, 15) is 19.2 Å². The van der Waals surface area contributed by atoms with Crippen molar-refractivity contribution in [1.82, 2.24) is 10.8 Å². The summed E-state index contributed by atoms with van der Waals surface area (Å²) in [5, 5.41) is 20.2. The van der Waals surface area contributed by atoms with E-state index in [2.05, 4.69) is 5.32 Å². The number of carboxylic acids is 1. The van der Waals surface area contributed by atoms with Crippen LogP contribution in [0.1, 0.15) is 53.9 Å².